The highest BCUT2D eigenvalue weighted by molar-refractivity contribution is 5.99. The molecule has 0 aliphatic carbocycles. The molecule has 0 bridgehead atoms. The van der Waals surface area contributed by atoms with Crippen LogP contribution in [0.2, 0.25) is 0 Å². The van der Waals surface area contributed by atoms with Crippen molar-refractivity contribution in [1.82, 2.24) is 24.5 Å². The minimum absolute atomic E-state index is 0.0199. The second-order valence-corrected chi connectivity index (χ2v) is 6.19. The smallest absolute Gasteiger partial charge is 0.259 e. The Labute approximate surface area is 141 Å². The standard InChI is InChI=1S/C18H21N5O/c1-12-9-20-17-15(10-21-23(17)11-12)18(24)22(4)14(3)8-16-13(2)6-5-7-19-16/h5-7,9-11,14H,8H2,1-4H3/t14-/m1/s1. The molecule has 0 unspecified atom stereocenters. The van der Waals surface area contributed by atoms with Gasteiger partial charge in [-0.25, -0.2) is 9.50 Å². The zero-order chi connectivity index (χ0) is 17.3. The zero-order valence-corrected chi connectivity index (χ0v) is 14.4. The molecule has 3 aromatic rings. The van der Waals surface area contributed by atoms with Crippen molar-refractivity contribution in [3.8, 4) is 0 Å². The molecule has 0 saturated carbocycles. The molecular weight excluding hydrogens is 302 g/mol. The van der Waals surface area contributed by atoms with Gasteiger partial charge in [-0.15, -0.1) is 0 Å². The molecule has 6 nitrogen and oxygen atoms in total. The van der Waals surface area contributed by atoms with E-state index in [1.165, 1.54) is 0 Å². The number of aromatic nitrogens is 4. The number of amides is 1. The van der Waals surface area contributed by atoms with E-state index in [2.05, 4.69) is 15.1 Å². The lowest BCUT2D eigenvalue weighted by Gasteiger charge is -2.24. The SMILES string of the molecule is Cc1cnc2c(C(=O)N(C)[C@H](C)Cc3ncccc3C)cnn2c1. The van der Waals surface area contributed by atoms with Gasteiger partial charge in [0.05, 0.1) is 6.20 Å². The number of hydrogen-bond acceptors (Lipinski definition) is 4. The topological polar surface area (TPSA) is 63.4 Å². The number of fused-ring (bicyclic) bond motifs is 1. The lowest BCUT2D eigenvalue weighted by Crippen LogP contribution is -2.36. The number of carbonyl (C=O) groups is 1. The number of likely N-dealkylation sites (N-methyl/N-ethyl adjacent to an activating group) is 1. The second-order valence-electron chi connectivity index (χ2n) is 6.19. The summed E-state index contributed by atoms with van der Waals surface area (Å²) < 4.78 is 1.64. The molecule has 0 fully saturated rings. The second kappa shape index (κ2) is 6.39. The van der Waals surface area contributed by atoms with Crippen LogP contribution in [0.4, 0.5) is 0 Å². The first-order chi connectivity index (χ1) is 11.5. The van der Waals surface area contributed by atoms with E-state index in [-0.39, 0.29) is 11.9 Å². The first-order valence-electron chi connectivity index (χ1n) is 7.95. The van der Waals surface area contributed by atoms with Crippen LogP contribution in [-0.4, -0.2) is 43.5 Å². The van der Waals surface area contributed by atoms with Gasteiger partial charge in [0.15, 0.2) is 5.65 Å². The molecule has 0 saturated heterocycles. The first-order valence-corrected chi connectivity index (χ1v) is 7.95. The monoisotopic (exact) mass is 323 g/mol. The first kappa shape index (κ1) is 16.1. The Morgan fingerprint density at radius 3 is 2.83 bits per heavy atom. The van der Waals surface area contributed by atoms with E-state index in [1.807, 2.05) is 46.1 Å². The molecule has 6 heteroatoms. The maximum Gasteiger partial charge on any atom is 0.259 e. The van der Waals surface area contributed by atoms with E-state index in [9.17, 15) is 4.79 Å². The normalized spacial score (nSPS) is 12.3. The fourth-order valence-corrected chi connectivity index (χ4v) is 2.66. The zero-order valence-electron chi connectivity index (χ0n) is 14.4. The Hall–Kier alpha value is -2.76. The van der Waals surface area contributed by atoms with Crippen LogP contribution in [0, 0.1) is 13.8 Å². The predicted molar refractivity (Wildman–Crippen MR) is 92.0 cm³/mol. The van der Waals surface area contributed by atoms with Crippen molar-refractivity contribution >= 4 is 11.6 Å². The Morgan fingerprint density at radius 2 is 2.08 bits per heavy atom. The number of pyridine rings is 1. The van der Waals surface area contributed by atoms with Crippen LogP contribution in [-0.2, 0) is 6.42 Å². The van der Waals surface area contributed by atoms with Crippen molar-refractivity contribution in [2.24, 2.45) is 0 Å². The molecule has 3 rings (SSSR count). The molecule has 3 heterocycles. The van der Waals surface area contributed by atoms with Crippen molar-refractivity contribution < 1.29 is 4.79 Å². The van der Waals surface area contributed by atoms with Gasteiger partial charge in [-0.1, -0.05) is 6.07 Å². The van der Waals surface area contributed by atoms with Crippen molar-refractivity contribution in [3.05, 3.63) is 59.3 Å². The van der Waals surface area contributed by atoms with Crippen molar-refractivity contribution in [2.75, 3.05) is 7.05 Å². The lowest BCUT2D eigenvalue weighted by atomic mass is 10.1. The third-order valence-corrected chi connectivity index (χ3v) is 4.30. The lowest BCUT2D eigenvalue weighted by molar-refractivity contribution is 0.0744. The number of carbonyl (C=O) groups excluding carboxylic acids is 1. The molecule has 1 atom stereocenters. The van der Waals surface area contributed by atoms with Gasteiger partial charge in [0, 0.05) is 43.8 Å². The van der Waals surface area contributed by atoms with Crippen LogP contribution < -0.4 is 0 Å². The van der Waals surface area contributed by atoms with Crippen LogP contribution >= 0.6 is 0 Å². The van der Waals surface area contributed by atoms with Crippen LogP contribution in [0.1, 0.15) is 34.1 Å². The van der Waals surface area contributed by atoms with Gasteiger partial charge in [-0.3, -0.25) is 9.78 Å². The molecule has 0 aliphatic rings. The van der Waals surface area contributed by atoms with E-state index < -0.39 is 0 Å². The van der Waals surface area contributed by atoms with Crippen molar-refractivity contribution in [1.29, 1.82) is 0 Å². The molecule has 0 aromatic carbocycles. The number of rotatable bonds is 4. The largest absolute Gasteiger partial charge is 0.338 e. The summed E-state index contributed by atoms with van der Waals surface area (Å²) in [6, 6.07) is 3.98. The molecule has 0 radical (unpaired) electrons. The highest BCUT2D eigenvalue weighted by atomic mass is 16.2. The van der Waals surface area contributed by atoms with Crippen LogP contribution in [0.3, 0.4) is 0 Å². The maximum absolute atomic E-state index is 12.8. The molecular formula is C18H21N5O. The summed E-state index contributed by atoms with van der Waals surface area (Å²) in [4.78, 5) is 23.3. The summed E-state index contributed by atoms with van der Waals surface area (Å²) in [5, 5.41) is 4.23. The van der Waals surface area contributed by atoms with E-state index in [0.717, 1.165) is 16.8 Å². The van der Waals surface area contributed by atoms with Gasteiger partial charge in [0.25, 0.3) is 5.91 Å². The summed E-state index contributed by atoms with van der Waals surface area (Å²) in [6.07, 6.45) is 7.68. The van der Waals surface area contributed by atoms with Crippen LogP contribution in [0.25, 0.3) is 5.65 Å². The summed E-state index contributed by atoms with van der Waals surface area (Å²) in [5.41, 5.74) is 4.24. The van der Waals surface area contributed by atoms with Gasteiger partial charge in [-0.05, 0) is 38.0 Å². The van der Waals surface area contributed by atoms with Crippen LogP contribution in [0.15, 0.2) is 36.9 Å². The number of nitrogens with zero attached hydrogens (tertiary/aromatic N) is 5. The quantitative estimate of drug-likeness (QED) is 0.740. The van der Waals surface area contributed by atoms with Gasteiger partial charge >= 0.3 is 0 Å². The van der Waals surface area contributed by atoms with E-state index >= 15 is 0 Å². The summed E-state index contributed by atoms with van der Waals surface area (Å²) >= 11 is 0. The Morgan fingerprint density at radius 1 is 1.29 bits per heavy atom. The van der Waals surface area contributed by atoms with Gasteiger partial charge < -0.3 is 4.90 Å². The summed E-state index contributed by atoms with van der Waals surface area (Å²) in [5.74, 6) is -0.0811. The minimum Gasteiger partial charge on any atom is -0.338 e. The molecule has 124 valence electrons. The van der Waals surface area contributed by atoms with Crippen molar-refractivity contribution in [2.45, 2.75) is 33.2 Å². The molecule has 0 N–H and O–H groups in total. The number of hydrogen-bond donors (Lipinski definition) is 0. The Balaban J connectivity index is 1.82. The summed E-state index contributed by atoms with van der Waals surface area (Å²) in [6.45, 7) is 6.00. The highest BCUT2D eigenvalue weighted by Gasteiger charge is 2.22. The Kier molecular flexibility index (Phi) is 4.29. The van der Waals surface area contributed by atoms with Crippen molar-refractivity contribution in [3.63, 3.8) is 0 Å². The molecule has 0 aliphatic heterocycles. The van der Waals surface area contributed by atoms with Gasteiger partial charge in [0.1, 0.15) is 5.56 Å². The van der Waals surface area contributed by atoms with E-state index in [4.69, 9.17) is 0 Å². The fraction of sp³-hybridized carbons (Fsp3) is 0.333. The highest BCUT2D eigenvalue weighted by Crippen LogP contribution is 2.15. The fourth-order valence-electron chi connectivity index (χ4n) is 2.66. The summed E-state index contributed by atoms with van der Waals surface area (Å²) in [7, 11) is 1.81. The average molecular weight is 323 g/mol. The number of aryl methyl sites for hydroxylation is 2. The minimum atomic E-state index is -0.0811. The molecule has 1 amide bonds. The molecule has 24 heavy (non-hydrogen) atoms. The van der Waals surface area contributed by atoms with E-state index in [1.54, 1.807) is 28.0 Å². The van der Waals surface area contributed by atoms with E-state index in [0.29, 0.717) is 17.6 Å². The average Bonchev–Trinajstić information content (AvgIpc) is 2.98. The molecule has 0 spiro atoms. The maximum atomic E-state index is 12.8. The Bertz CT molecular complexity index is 886. The third-order valence-electron chi connectivity index (χ3n) is 4.30. The predicted octanol–water partition coefficient (Wildman–Crippen LogP) is 2.44. The van der Waals surface area contributed by atoms with Gasteiger partial charge in [-0.2, -0.15) is 5.10 Å². The molecule has 3 aromatic heterocycles. The van der Waals surface area contributed by atoms with Gasteiger partial charge in [0.2, 0.25) is 0 Å². The third kappa shape index (κ3) is 2.99. The van der Waals surface area contributed by atoms with Crippen LogP contribution in [0.5, 0.6) is 0 Å².